The van der Waals surface area contributed by atoms with Crippen LogP contribution in [0, 0.1) is 17.5 Å². The minimum Gasteiger partial charge on any atom is -0.487 e. The lowest BCUT2D eigenvalue weighted by molar-refractivity contribution is 0.0241. The van der Waals surface area contributed by atoms with Crippen LogP contribution < -0.4 is 10.3 Å². The lowest BCUT2D eigenvalue weighted by Gasteiger charge is -2.23. The number of hydrogen-bond donors (Lipinski definition) is 1. The zero-order chi connectivity index (χ0) is 23.7. The Morgan fingerprint density at radius 3 is 2.46 bits per heavy atom. The third-order valence-electron chi connectivity index (χ3n) is 5.62. The third kappa shape index (κ3) is 5.63. The molecule has 1 N–H and O–H groups in total. The molecule has 0 spiro atoms. The summed E-state index contributed by atoms with van der Waals surface area (Å²) in [5, 5.41) is 0.127. The summed E-state index contributed by atoms with van der Waals surface area (Å²) in [5.41, 5.74) is 1.31. The summed E-state index contributed by atoms with van der Waals surface area (Å²) in [6.07, 6.45) is 2.97. The van der Waals surface area contributed by atoms with Crippen molar-refractivity contribution in [3.8, 4) is 17.0 Å². The summed E-state index contributed by atoms with van der Waals surface area (Å²) in [5.74, 6) is -1.57. The molecular formula is C25H21ClF3N3O3. The second-order valence-corrected chi connectivity index (χ2v) is 8.13. The van der Waals surface area contributed by atoms with Crippen molar-refractivity contribution in [2.45, 2.75) is 25.4 Å². The number of nitrogens with zero attached hydrogens (tertiary/aromatic N) is 2. The van der Waals surface area contributed by atoms with Crippen LogP contribution in [0.1, 0.15) is 24.2 Å². The number of rotatable bonds is 5. The standard InChI is InChI=1S/C25H20F3N3O3.ClH/c26-16-8-15(9-17(27)10-16)21-2-1-14(13-29-21)7-24-30-22-12-23(34-18-3-5-33-6-4-18)20(28)11-19(22)25(32)31-24;/h1-2,8-13,18H,3-7H2,(H,30,31,32);1H. The number of hydrogen-bond acceptors (Lipinski definition) is 5. The molecule has 4 aromatic rings. The predicted molar refractivity (Wildman–Crippen MR) is 126 cm³/mol. The van der Waals surface area contributed by atoms with E-state index in [0.717, 1.165) is 17.7 Å². The van der Waals surface area contributed by atoms with Gasteiger partial charge >= 0.3 is 0 Å². The van der Waals surface area contributed by atoms with Gasteiger partial charge in [0.25, 0.3) is 5.56 Å². The summed E-state index contributed by atoms with van der Waals surface area (Å²) in [6, 6.07) is 9.15. The Morgan fingerprint density at radius 2 is 1.77 bits per heavy atom. The highest BCUT2D eigenvalue weighted by Gasteiger charge is 2.19. The lowest BCUT2D eigenvalue weighted by atomic mass is 10.1. The molecule has 2 aromatic heterocycles. The van der Waals surface area contributed by atoms with Crippen LogP contribution in [0.2, 0.25) is 0 Å². The van der Waals surface area contributed by atoms with Gasteiger partial charge in [-0.3, -0.25) is 9.78 Å². The fourth-order valence-electron chi connectivity index (χ4n) is 3.93. The van der Waals surface area contributed by atoms with Crippen molar-refractivity contribution < 1.29 is 22.6 Å². The van der Waals surface area contributed by atoms with Gasteiger partial charge in [-0.2, -0.15) is 0 Å². The maximum Gasteiger partial charge on any atom is 0.258 e. The second kappa shape index (κ2) is 10.5. The average molecular weight is 504 g/mol. The Morgan fingerprint density at radius 1 is 1.03 bits per heavy atom. The van der Waals surface area contributed by atoms with Crippen molar-refractivity contribution in [1.82, 2.24) is 15.0 Å². The van der Waals surface area contributed by atoms with Gasteiger partial charge in [-0.1, -0.05) is 6.07 Å². The minimum atomic E-state index is -0.685. The van der Waals surface area contributed by atoms with E-state index in [2.05, 4.69) is 15.0 Å². The molecule has 0 aliphatic carbocycles. The second-order valence-electron chi connectivity index (χ2n) is 8.13. The number of nitrogens with one attached hydrogen (secondary N) is 1. The van der Waals surface area contributed by atoms with Gasteiger partial charge in [0.15, 0.2) is 11.6 Å². The van der Waals surface area contributed by atoms with Crippen LogP contribution in [-0.2, 0) is 11.2 Å². The van der Waals surface area contributed by atoms with Gasteiger partial charge < -0.3 is 14.5 Å². The monoisotopic (exact) mass is 503 g/mol. The average Bonchev–Trinajstić information content (AvgIpc) is 2.81. The van der Waals surface area contributed by atoms with Crippen molar-refractivity contribution in [3.63, 3.8) is 0 Å². The first-order valence-electron chi connectivity index (χ1n) is 10.8. The number of H-pyrrole nitrogens is 1. The third-order valence-corrected chi connectivity index (χ3v) is 5.62. The molecule has 182 valence electrons. The van der Waals surface area contributed by atoms with Crippen LogP contribution in [0.15, 0.2) is 53.5 Å². The number of benzene rings is 2. The number of aromatic amines is 1. The summed E-state index contributed by atoms with van der Waals surface area (Å²) < 4.78 is 52.6. The smallest absolute Gasteiger partial charge is 0.258 e. The van der Waals surface area contributed by atoms with Crippen LogP contribution in [0.25, 0.3) is 22.2 Å². The minimum absolute atomic E-state index is 0. The predicted octanol–water partition coefficient (Wildman–Crippen LogP) is 4.97. The van der Waals surface area contributed by atoms with Gasteiger partial charge in [-0.25, -0.2) is 18.2 Å². The molecular weight excluding hydrogens is 483 g/mol. The largest absolute Gasteiger partial charge is 0.487 e. The van der Waals surface area contributed by atoms with Crippen molar-refractivity contribution in [3.05, 3.63) is 87.9 Å². The quantitative estimate of drug-likeness (QED) is 0.416. The molecule has 2 aromatic carbocycles. The normalized spacial score (nSPS) is 14.0. The highest BCUT2D eigenvalue weighted by Crippen LogP contribution is 2.26. The Bertz CT molecular complexity index is 1390. The lowest BCUT2D eigenvalue weighted by Crippen LogP contribution is -2.26. The molecule has 0 saturated carbocycles. The summed E-state index contributed by atoms with van der Waals surface area (Å²) in [6.45, 7) is 1.12. The molecule has 0 atom stereocenters. The van der Waals surface area contributed by atoms with Gasteiger partial charge in [0.2, 0.25) is 0 Å². The topological polar surface area (TPSA) is 77.1 Å². The van der Waals surface area contributed by atoms with Crippen molar-refractivity contribution >= 4 is 23.3 Å². The fraction of sp³-hybridized carbons (Fsp3) is 0.240. The Labute approximate surface area is 204 Å². The molecule has 10 heteroatoms. The number of fused-ring (bicyclic) bond motifs is 1. The first-order chi connectivity index (χ1) is 16.4. The van der Waals surface area contributed by atoms with Crippen molar-refractivity contribution in [2.75, 3.05) is 13.2 Å². The van der Waals surface area contributed by atoms with Crippen LogP contribution >= 0.6 is 12.4 Å². The molecule has 1 aliphatic heterocycles. The molecule has 0 amide bonds. The van der Waals surface area contributed by atoms with Crippen LogP contribution in [0.4, 0.5) is 13.2 Å². The van der Waals surface area contributed by atoms with Gasteiger partial charge in [-0.05, 0) is 29.8 Å². The molecule has 0 unspecified atom stereocenters. The maximum atomic E-state index is 14.5. The molecule has 5 rings (SSSR count). The zero-order valence-corrected chi connectivity index (χ0v) is 19.2. The highest BCUT2D eigenvalue weighted by molar-refractivity contribution is 5.85. The van der Waals surface area contributed by atoms with E-state index in [-0.39, 0.29) is 36.1 Å². The molecule has 6 nitrogen and oxygen atoms in total. The Balaban J connectivity index is 0.00000289. The molecule has 0 radical (unpaired) electrons. The summed E-state index contributed by atoms with van der Waals surface area (Å²) >= 11 is 0. The molecule has 35 heavy (non-hydrogen) atoms. The molecule has 1 fully saturated rings. The number of halogens is 4. The fourth-order valence-corrected chi connectivity index (χ4v) is 3.93. The van der Waals surface area contributed by atoms with Gasteiger partial charge in [0.05, 0.1) is 29.8 Å². The molecule has 3 heterocycles. The van der Waals surface area contributed by atoms with Gasteiger partial charge in [0.1, 0.15) is 23.6 Å². The highest BCUT2D eigenvalue weighted by atomic mass is 35.5. The van der Waals surface area contributed by atoms with E-state index in [9.17, 15) is 18.0 Å². The zero-order valence-electron chi connectivity index (χ0n) is 18.4. The summed E-state index contributed by atoms with van der Waals surface area (Å²) in [7, 11) is 0. The SMILES string of the molecule is Cl.O=c1[nH]c(Cc2ccc(-c3cc(F)cc(F)c3)nc2)nc2cc(OC3CCOCC3)c(F)cc12. The Kier molecular flexibility index (Phi) is 7.37. The summed E-state index contributed by atoms with van der Waals surface area (Å²) in [4.78, 5) is 24.0. The molecule has 1 saturated heterocycles. The Hall–Kier alpha value is -3.43. The first kappa shape index (κ1) is 24.7. The van der Waals surface area contributed by atoms with Crippen molar-refractivity contribution in [1.29, 1.82) is 0 Å². The van der Waals surface area contributed by atoms with E-state index in [1.54, 1.807) is 18.3 Å². The first-order valence-corrected chi connectivity index (χ1v) is 10.8. The van der Waals surface area contributed by atoms with E-state index in [0.29, 0.717) is 48.7 Å². The number of pyridine rings is 1. The van der Waals surface area contributed by atoms with E-state index in [4.69, 9.17) is 9.47 Å². The van der Waals surface area contributed by atoms with E-state index in [1.807, 2.05) is 0 Å². The maximum absolute atomic E-state index is 14.5. The molecule has 0 bridgehead atoms. The van der Waals surface area contributed by atoms with E-state index in [1.165, 1.54) is 18.2 Å². The number of ether oxygens (including phenoxy) is 2. The van der Waals surface area contributed by atoms with Crippen molar-refractivity contribution in [2.24, 2.45) is 0 Å². The van der Waals surface area contributed by atoms with Gasteiger partial charge in [-0.15, -0.1) is 12.4 Å². The van der Waals surface area contributed by atoms with Crippen LogP contribution in [0.5, 0.6) is 5.75 Å². The van der Waals surface area contributed by atoms with Crippen LogP contribution in [-0.4, -0.2) is 34.3 Å². The van der Waals surface area contributed by atoms with E-state index >= 15 is 0 Å². The molecule has 1 aliphatic rings. The van der Waals surface area contributed by atoms with Gasteiger partial charge in [0, 0.05) is 43.2 Å². The van der Waals surface area contributed by atoms with Crippen LogP contribution in [0.3, 0.4) is 0 Å². The number of aromatic nitrogens is 3. The van der Waals surface area contributed by atoms with E-state index < -0.39 is 23.0 Å².